The van der Waals surface area contributed by atoms with Crippen molar-refractivity contribution < 1.29 is 9.53 Å². The molecule has 0 spiro atoms. The lowest BCUT2D eigenvalue weighted by Gasteiger charge is -2.06. The minimum atomic E-state index is -0.0853. The maximum Gasteiger partial charge on any atom is 0.229 e. The first-order valence-corrected chi connectivity index (χ1v) is 7.99. The molecule has 0 aliphatic carbocycles. The van der Waals surface area contributed by atoms with Crippen molar-refractivity contribution in [3.63, 3.8) is 0 Å². The van der Waals surface area contributed by atoms with E-state index in [1.54, 1.807) is 0 Å². The number of hydrogen-bond acceptors (Lipinski definition) is 5. The van der Waals surface area contributed by atoms with Crippen LogP contribution < -0.4 is 10.1 Å². The highest BCUT2D eigenvalue weighted by atomic mass is 32.1. The first-order valence-electron chi connectivity index (χ1n) is 7.11. The number of anilines is 1. The Morgan fingerprint density at radius 1 is 1.32 bits per heavy atom. The third-order valence-electron chi connectivity index (χ3n) is 2.90. The molecule has 5 nitrogen and oxygen atoms in total. The molecule has 0 unspecified atom stereocenters. The van der Waals surface area contributed by atoms with Gasteiger partial charge in [-0.25, -0.2) is 4.98 Å². The maximum absolute atomic E-state index is 11.9. The van der Waals surface area contributed by atoms with Gasteiger partial charge >= 0.3 is 0 Å². The Morgan fingerprint density at radius 2 is 2.05 bits per heavy atom. The van der Waals surface area contributed by atoms with Crippen LogP contribution in [-0.4, -0.2) is 36.5 Å². The molecule has 22 heavy (non-hydrogen) atoms. The summed E-state index contributed by atoms with van der Waals surface area (Å²) in [4.78, 5) is 18.3. The Balaban J connectivity index is 1.73. The number of aromatic nitrogens is 1. The number of carbonyl (C=O) groups excluding carboxylic acids is 1. The van der Waals surface area contributed by atoms with Crippen molar-refractivity contribution in [3.8, 4) is 5.75 Å². The number of nitrogens with one attached hydrogen (secondary N) is 1. The molecule has 0 saturated heterocycles. The van der Waals surface area contributed by atoms with Crippen molar-refractivity contribution in [2.24, 2.45) is 0 Å². The number of amides is 1. The van der Waals surface area contributed by atoms with E-state index in [0.717, 1.165) is 18.0 Å². The van der Waals surface area contributed by atoms with Gasteiger partial charge in [0.25, 0.3) is 0 Å². The third-order valence-corrected chi connectivity index (χ3v) is 3.70. The van der Waals surface area contributed by atoms with Crippen molar-refractivity contribution in [1.29, 1.82) is 0 Å². The van der Waals surface area contributed by atoms with Crippen LogP contribution in [0.1, 0.15) is 17.7 Å². The second kappa shape index (κ2) is 7.91. The molecule has 0 bridgehead atoms. The van der Waals surface area contributed by atoms with Gasteiger partial charge in [0.15, 0.2) is 5.13 Å². The summed E-state index contributed by atoms with van der Waals surface area (Å²) in [5.74, 6) is 0.693. The predicted octanol–water partition coefficient (Wildman–Crippen LogP) is 2.92. The maximum atomic E-state index is 11.9. The molecule has 2 rings (SSSR count). The van der Waals surface area contributed by atoms with Gasteiger partial charge in [-0.2, -0.15) is 0 Å². The Labute approximate surface area is 134 Å². The summed E-state index contributed by atoms with van der Waals surface area (Å²) < 4.78 is 5.54. The molecule has 0 fully saturated rings. The molecular weight excluding hydrogens is 298 g/mol. The van der Waals surface area contributed by atoms with Gasteiger partial charge in [0.1, 0.15) is 5.75 Å². The molecule has 118 valence electrons. The van der Waals surface area contributed by atoms with Crippen LogP contribution in [-0.2, 0) is 11.3 Å². The van der Waals surface area contributed by atoms with E-state index < -0.39 is 0 Å². The SMILES string of the molecule is Cc1ccc(OCCC(=O)Nc2nc(CN(C)C)cs2)cc1. The molecule has 1 amide bonds. The quantitative estimate of drug-likeness (QED) is 0.852. The molecule has 0 atom stereocenters. The summed E-state index contributed by atoms with van der Waals surface area (Å²) in [6.07, 6.45) is 0.302. The van der Waals surface area contributed by atoms with Gasteiger partial charge in [-0.05, 0) is 33.2 Å². The van der Waals surface area contributed by atoms with Gasteiger partial charge in [0, 0.05) is 11.9 Å². The average molecular weight is 319 g/mol. The first-order chi connectivity index (χ1) is 10.5. The number of carbonyl (C=O) groups is 1. The molecule has 2 aromatic rings. The zero-order valence-corrected chi connectivity index (χ0v) is 13.9. The molecule has 6 heteroatoms. The van der Waals surface area contributed by atoms with Gasteiger partial charge in [-0.3, -0.25) is 4.79 Å². The summed E-state index contributed by atoms with van der Waals surface area (Å²) in [5.41, 5.74) is 2.14. The largest absolute Gasteiger partial charge is 0.493 e. The Bertz CT molecular complexity index is 608. The number of thiazole rings is 1. The van der Waals surface area contributed by atoms with Gasteiger partial charge in [-0.15, -0.1) is 11.3 Å². The molecule has 1 N–H and O–H groups in total. The number of benzene rings is 1. The van der Waals surface area contributed by atoms with Gasteiger partial charge < -0.3 is 15.0 Å². The van der Waals surface area contributed by atoms with Crippen molar-refractivity contribution in [3.05, 3.63) is 40.9 Å². The number of ether oxygens (including phenoxy) is 1. The molecule has 0 aliphatic heterocycles. The molecule has 1 aromatic carbocycles. The van der Waals surface area contributed by atoms with E-state index >= 15 is 0 Å². The number of aryl methyl sites for hydroxylation is 1. The highest BCUT2D eigenvalue weighted by Gasteiger charge is 2.07. The van der Waals surface area contributed by atoms with Crippen LogP contribution in [0, 0.1) is 6.92 Å². The highest BCUT2D eigenvalue weighted by molar-refractivity contribution is 7.13. The Morgan fingerprint density at radius 3 is 2.73 bits per heavy atom. The Hall–Kier alpha value is -1.92. The molecule has 0 aliphatic rings. The van der Waals surface area contributed by atoms with E-state index in [4.69, 9.17) is 4.74 Å². The lowest BCUT2D eigenvalue weighted by molar-refractivity contribution is -0.116. The van der Waals surface area contributed by atoms with Crippen LogP contribution >= 0.6 is 11.3 Å². The topological polar surface area (TPSA) is 54.5 Å². The lowest BCUT2D eigenvalue weighted by atomic mass is 10.2. The fourth-order valence-corrected chi connectivity index (χ4v) is 2.56. The van der Waals surface area contributed by atoms with Crippen LogP contribution in [0.4, 0.5) is 5.13 Å². The standard InChI is InChI=1S/C16H21N3O2S/c1-12-4-6-14(7-5-12)21-9-8-15(20)18-16-17-13(11-22-16)10-19(2)3/h4-7,11H,8-10H2,1-3H3,(H,17,18,20). The molecule has 1 heterocycles. The normalized spacial score (nSPS) is 10.7. The van der Waals surface area contributed by atoms with Crippen molar-refractivity contribution in [2.75, 3.05) is 26.0 Å². The Kier molecular flexibility index (Phi) is 5.91. The lowest BCUT2D eigenvalue weighted by Crippen LogP contribution is -2.15. The summed E-state index contributed by atoms with van der Waals surface area (Å²) in [7, 11) is 3.97. The van der Waals surface area contributed by atoms with Crippen LogP contribution in [0.25, 0.3) is 0 Å². The second-order valence-corrected chi connectivity index (χ2v) is 6.20. The van der Waals surface area contributed by atoms with Crippen LogP contribution in [0.2, 0.25) is 0 Å². The summed E-state index contributed by atoms with van der Waals surface area (Å²) in [6, 6.07) is 7.78. The second-order valence-electron chi connectivity index (χ2n) is 5.34. The van der Waals surface area contributed by atoms with Gasteiger partial charge in [0.2, 0.25) is 5.91 Å². The number of hydrogen-bond donors (Lipinski definition) is 1. The van der Waals surface area contributed by atoms with Gasteiger partial charge in [0.05, 0.1) is 18.7 Å². The minimum Gasteiger partial charge on any atom is -0.493 e. The first kappa shape index (κ1) is 16.5. The van der Waals surface area contributed by atoms with Gasteiger partial charge in [-0.1, -0.05) is 17.7 Å². The molecule has 1 aromatic heterocycles. The van der Waals surface area contributed by atoms with E-state index in [1.165, 1.54) is 16.9 Å². The summed E-state index contributed by atoms with van der Waals surface area (Å²) in [5, 5.41) is 5.39. The van der Waals surface area contributed by atoms with Crippen LogP contribution in [0.5, 0.6) is 5.75 Å². The molecular formula is C16H21N3O2S. The van der Waals surface area contributed by atoms with E-state index in [2.05, 4.69) is 10.3 Å². The molecule has 0 radical (unpaired) electrons. The number of rotatable bonds is 7. The fourth-order valence-electron chi connectivity index (χ4n) is 1.84. The van der Waals surface area contributed by atoms with E-state index in [9.17, 15) is 4.79 Å². The van der Waals surface area contributed by atoms with Crippen LogP contribution in [0.3, 0.4) is 0 Å². The predicted molar refractivity (Wildman–Crippen MR) is 89.4 cm³/mol. The summed E-state index contributed by atoms with van der Waals surface area (Å²) >= 11 is 1.44. The van der Waals surface area contributed by atoms with Crippen LogP contribution in [0.15, 0.2) is 29.6 Å². The minimum absolute atomic E-state index is 0.0853. The summed E-state index contributed by atoms with van der Waals surface area (Å²) in [6.45, 7) is 3.14. The monoisotopic (exact) mass is 319 g/mol. The van der Waals surface area contributed by atoms with E-state index in [0.29, 0.717) is 18.2 Å². The van der Waals surface area contributed by atoms with Crippen molar-refractivity contribution in [1.82, 2.24) is 9.88 Å². The zero-order valence-electron chi connectivity index (χ0n) is 13.1. The smallest absolute Gasteiger partial charge is 0.229 e. The van der Waals surface area contributed by atoms with E-state index in [-0.39, 0.29) is 5.91 Å². The van der Waals surface area contributed by atoms with Crippen molar-refractivity contribution >= 4 is 22.4 Å². The number of nitrogens with zero attached hydrogens (tertiary/aromatic N) is 2. The molecule has 0 saturated carbocycles. The highest BCUT2D eigenvalue weighted by Crippen LogP contribution is 2.16. The van der Waals surface area contributed by atoms with E-state index in [1.807, 2.05) is 55.6 Å². The fraction of sp³-hybridized carbons (Fsp3) is 0.375. The average Bonchev–Trinajstić information content (AvgIpc) is 2.87. The zero-order chi connectivity index (χ0) is 15.9. The van der Waals surface area contributed by atoms with Crippen molar-refractivity contribution in [2.45, 2.75) is 19.9 Å². The third kappa shape index (κ3) is 5.46.